The van der Waals surface area contributed by atoms with Crippen molar-refractivity contribution in [3.05, 3.63) is 15.9 Å². The molecule has 0 radical (unpaired) electrons. The molecule has 1 aliphatic rings. The first kappa shape index (κ1) is 14.3. The molecule has 1 aromatic heterocycles. The number of hydrogen-bond acceptors (Lipinski definition) is 3. The van der Waals surface area contributed by atoms with Crippen LogP contribution in [0.1, 0.15) is 18.3 Å². The van der Waals surface area contributed by atoms with Crippen molar-refractivity contribution in [3.8, 4) is 0 Å². The Morgan fingerprint density at radius 1 is 1.56 bits per heavy atom. The number of alkyl halides is 1. The Bertz CT molecular complexity index is 410. The third-order valence-corrected chi connectivity index (χ3v) is 4.66. The quantitative estimate of drug-likeness (QED) is 0.790. The number of halogens is 2. The molecule has 0 aliphatic carbocycles. The normalized spacial score (nSPS) is 21.4. The molecule has 0 saturated carbocycles. The summed E-state index contributed by atoms with van der Waals surface area (Å²) in [5.74, 6) is 0.607. The fraction of sp³-hybridized carbons (Fsp3) is 0.750. The lowest BCUT2D eigenvalue weighted by Gasteiger charge is -2.34. The number of morpholine rings is 1. The molecule has 0 N–H and O–H groups in total. The smallest absolute Gasteiger partial charge is 0.0767 e. The van der Waals surface area contributed by atoms with Gasteiger partial charge in [0.25, 0.3) is 0 Å². The lowest BCUT2D eigenvalue weighted by Crippen LogP contribution is -2.46. The minimum atomic E-state index is 0.298. The third-order valence-electron chi connectivity index (χ3n) is 3.38. The Morgan fingerprint density at radius 3 is 2.94 bits per heavy atom. The van der Waals surface area contributed by atoms with E-state index in [1.807, 2.05) is 11.7 Å². The van der Waals surface area contributed by atoms with E-state index in [0.717, 1.165) is 42.9 Å². The fourth-order valence-electron chi connectivity index (χ4n) is 2.22. The van der Waals surface area contributed by atoms with E-state index in [2.05, 4.69) is 32.9 Å². The van der Waals surface area contributed by atoms with E-state index >= 15 is 0 Å². The summed E-state index contributed by atoms with van der Waals surface area (Å²) in [6.45, 7) is 5.41. The Morgan fingerprint density at radius 2 is 2.33 bits per heavy atom. The number of rotatable bonds is 4. The monoisotopic (exact) mass is 335 g/mol. The molecular weight excluding hydrogens is 318 g/mol. The Kier molecular flexibility index (Phi) is 5.06. The highest BCUT2D eigenvalue weighted by Crippen LogP contribution is 2.24. The zero-order valence-electron chi connectivity index (χ0n) is 10.8. The molecule has 1 aromatic rings. The van der Waals surface area contributed by atoms with Crippen molar-refractivity contribution in [3.63, 3.8) is 0 Å². The molecule has 0 spiro atoms. The molecule has 1 fully saturated rings. The van der Waals surface area contributed by atoms with Gasteiger partial charge in [-0.2, -0.15) is 5.10 Å². The summed E-state index contributed by atoms with van der Waals surface area (Å²) >= 11 is 9.65. The van der Waals surface area contributed by atoms with Gasteiger partial charge in [0.05, 0.1) is 29.1 Å². The van der Waals surface area contributed by atoms with Crippen LogP contribution in [0.5, 0.6) is 0 Å². The molecule has 6 heteroatoms. The summed E-state index contributed by atoms with van der Waals surface area (Å²) in [5, 5.41) is 4.52. The molecule has 2 heterocycles. The van der Waals surface area contributed by atoms with Crippen molar-refractivity contribution in [2.75, 3.05) is 25.6 Å². The molecule has 0 bridgehead atoms. The van der Waals surface area contributed by atoms with Crippen LogP contribution in [0.2, 0.25) is 0 Å². The predicted octanol–water partition coefficient (Wildman–Crippen LogP) is 2.18. The van der Waals surface area contributed by atoms with Gasteiger partial charge in [0.2, 0.25) is 0 Å². The number of ether oxygens (including phenoxy) is 1. The SMILES string of the molecule is CCc1nn(C)c(CN2CCOCC2CCl)c1Br. The second-order valence-corrected chi connectivity index (χ2v) is 5.64. The summed E-state index contributed by atoms with van der Waals surface area (Å²) in [6, 6.07) is 0.298. The summed E-state index contributed by atoms with van der Waals surface area (Å²) in [7, 11) is 2.00. The molecular formula is C12H19BrClN3O. The Hall–Kier alpha value is -0.100. The molecule has 0 amide bonds. The first-order chi connectivity index (χ1) is 8.67. The molecule has 0 aromatic carbocycles. The van der Waals surface area contributed by atoms with Gasteiger partial charge in [0, 0.05) is 32.1 Å². The topological polar surface area (TPSA) is 30.3 Å². The maximum absolute atomic E-state index is 6.00. The standard InChI is InChI=1S/C12H19BrClN3O/c1-3-10-12(13)11(16(2)15-10)7-17-4-5-18-8-9(17)6-14/h9H,3-8H2,1-2H3. The van der Waals surface area contributed by atoms with Gasteiger partial charge in [-0.15, -0.1) is 11.6 Å². The van der Waals surface area contributed by atoms with E-state index < -0.39 is 0 Å². The van der Waals surface area contributed by atoms with Crippen LogP contribution in [-0.2, 0) is 24.8 Å². The van der Waals surface area contributed by atoms with E-state index in [4.69, 9.17) is 16.3 Å². The molecule has 18 heavy (non-hydrogen) atoms. The van der Waals surface area contributed by atoms with Crippen molar-refractivity contribution in [2.45, 2.75) is 25.9 Å². The zero-order valence-corrected chi connectivity index (χ0v) is 13.2. The number of hydrogen-bond donors (Lipinski definition) is 0. The van der Waals surface area contributed by atoms with Gasteiger partial charge >= 0.3 is 0 Å². The van der Waals surface area contributed by atoms with Crippen molar-refractivity contribution in [1.82, 2.24) is 14.7 Å². The van der Waals surface area contributed by atoms with E-state index in [-0.39, 0.29) is 0 Å². The third kappa shape index (κ3) is 2.90. The Balaban J connectivity index is 2.15. The van der Waals surface area contributed by atoms with Gasteiger partial charge in [-0.05, 0) is 22.4 Å². The van der Waals surface area contributed by atoms with Gasteiger partial charge in [0.15, 0.2) is 0 Å². The largest absolute Gasteiger partial charge is 0.378 e. The summed E-state index contributed by atoms with van der Waals surface area (Å²) in [6.07, 6.45) is 0.941. The molecule has 102 valence electrons. The summed E-state index contributed by atoms with van der Waals surface area (Å²) in [5.41, 5.74) is 2.33. The number of aryl methyl sites for hydroxylation is 2. The highest BCUT2D eigenvalue weighted by molar-refractivity contribution is 9.10. The summed E-state index contributed by atoms with van der Waals surface area (Å²) < 4.78 is 8.56. The first-order valence-electron chi connectivity index (χ1n) is 6.25. The van der Waals surface area contributed by atoms with E-state index in [9.17, 15) is 0 Å². The highest BCUT2D eigenvalue weighted by Gasteiger charge is 2.24. The maximum atomic E-state index is 6.00. The zero-order chi connectivity index (χ0) is 13.1. The van der Waals surface area contributed by atoms with E-state index in [0.29, 0.717) is 11.9 Å². The summed E-state index contributed by atoms with van der Waals surface area (Å²) in [4.78, 5) is 2.37. The maximum Gasteiger partial charge on any atom is 0.0767 e. The second kappa shape index (κ2) is 6.37. The van der Waals surface area contributed by atoms with Crippen LogP contribution >= 0.6 is 27.5 Å². The van der Waals surface area contributed by atoms with Crippen molar-refractivity contribution in [2.24, 2.45) is 7.05 Å². The van der Waals surface area contributed by atoms with Crippen LogP contribution in [0.3, 0.4) is 0 Å². The van der Waals surface area contributed by atoms with E-state index in [1.54, 1.807) is 0 Å². The Labute approximate surface area is 121 Å². The predicted molar refractivity (Wildman–Crippen MR) is 76.0 cm³/mol. The van der Waals surface area contributed by atoms with E-state index in [1.165, 1.54) is 5.69 Å². The van der Waals surface area contributed by atoms with Crippen LogP contribution < -0.4 is 0 Å². The number of nitrogens with zero attached hydrogens (tertiary/aromatic N) is 3. The lowest BCUT2D eigenvalue weighted by molar-refractivity contribution is -0.00414. The molecule has 2 rings (SSSR count). The molecule has 1 saturated heterocycles. The van der Waals surface area contributed by atoms with Gasteiger partial charge in [-0.3, -0.25) is 9.58 Å². The number of aromatic nitrogens is 2. The molecule has 1 atom stereocenters. The van der Waals surface area contributed by atoms with Gasteiger partial charge in [-0.1, -0.05) is 6.92 Å². The average Bonchev–Trinajstić information content (AvgIpc) is 2.66. The van der Waals surface area contributed by atoms with Crippen LogP contribution in [0.25, 0.3) is 0 Å². The van der Waals surface area contributed by atoms with Crippen molar-refractivity contribution in [1.29, 1.82) is 0 Å². The minimum absolute atomic E-state index is 0.298. The van der Waals surface area contributed by atoms with Crippen molar-refractivity contribution < 1.29 is 4.74 Å². The minimum Gasteiger partial charge on any atom is -0.378 e. The highest BCUT2D eigenvalue weighted by atomic mass is 79.9. The lowest BCUT2D eigenvalue weighted by atomic mass is 10.2. The average molecular weight is 337 g/mol. The van der Waals surface area contributed by atoms with Crippen LogP contribution in [-0.4, -0.2) is 46.4 Å². The molecule has 1 unspecified atom stereocenters. The molecule has 4 nitrogen and oxygen atoms in total. The van der Waals surface area contributed by atoms with Crippen LogP contribution in [0, 0.1) is 0 Å². The van der Waals surface area contributed by atoms with Crippen LogP contribution in [0.4, 0.5) is 0 Å². The van der Waals surface area contributed by atoms with Gasteiger partial charge in [-0.25, -0.2) is 0 Å². The van der Waals surface area contributed by atoms with Gasteiger partial charge in [0.1, 0.15) is 0 Å². The van der Waals surface area contributed by atoms with Gasteiger partial charge < -0.3 is 4.74 Å². The van der Waals surface area contributed by atoms with Crippen molar-refractivity contribution >= 4 is 27.5 Å². The fourth-order valence-corrected chi connectivity index (χ4v) is 3.25. The first-order valence-corrected chi connectivity index (χ1v) is 7.58. The van der Waals surface area contributed by atoms with Crippen LogP contribution in [0.15, 0.2) is 4.47 Å². The molecule has 1 aliphatic heterocycles. The second-order valence-electron chi connectivity index (χ2n) is 4.54.